The number of H-pyrrole nitrogens is 1. The van der Waals surface area contributed by atoms with Crippen LogP contribution >= 0.6 is 0 Å². The van der Waals surface area contributed by atoms with E-state index in [2.05, 4.69) is 33.7 Å². The molecule has 0 saturated carbocycles. The number of nitrogens with zero attached hydrogens (tertiary/aromatic N) is 1. The lowest BCUT2D eigenvalue weighted by Gasteiger charge is -2.22. The summed E-state index contributed by atoms with van der Waals surface area (Å²) in [4.78, 5) is 0. The first-order valence-electron chi connectivity index (χ1n) is 5.57. The van der Waals surface area contributed by atoms with Gasteiger partial charge in [0.2, 0.25) is 0 Å². The Morgan fingerprint density at radius 2 is 2.07 bits per heavy atom. The monoisotopic (exact) mass is 201 g/mol. The SMILES string of the molecule is c1cc2[nH]ncc2cc1C1CCNCC1. The zero-order valence-electron chi connectivity index (χ0n) is 8.66. The van der Waals surface area contributed by atoms with Crippen LogP contribution in [0.2, 0.25) is 0 Å². The Bertz CT molecular complexity index is 455. The maximum absolute atomic E-state index is 4.05. The van der Waals surface area contributed by atoms with Crippen LogP contribution in [-0.4, -0.2) is 23.3 Å². The lowest BCUT2D eigenvalue weighted by molar-refractivity contribution is 0.460. The second kappa shape index (κ2) is 3.66. The smallest absolute Gasteiger partial charge is 0.0650 e. The van der Waals surface area contributed by atoms with E-state index in [0.29, 0.717) is 0 Å². The highest BCUT2D eigenvalue weighted by molar-refractivity contribution is 5.78. The van der Waals surface area contributed by atoms with Crippen molar-refractivity contribution in [3.63, 3.8) is 0 Å². The van der Waals surface area contributed by atoms with Crippen LogP contribution < -0.4 is 5.32 Å². The molecule has 1 aliphatic rings. The highest BCUT2D eigenvalue weighted by atomic mass is 15.1. The molecule has 3 nitrogen and oxygen atoms in total. The molecular formula is C12H15N3. The number of aromatic amines is 1. The summed E-state index contributed by atoms with van der Waals surface area (Å²) in [6.45, 7) is 2.29. The third kappa shape index (κ3) is 1.63. The Hall–Kier alpha value is -1.35. The predicted octanol–water partition coefficient (Wildman–Crippen LogP) is 2.03. The van der Waals surface area contributed by atoms with Crippen molar-refractivity contribution in [3.8, 4) is 0 Å². The maximum Gasteiger partial charge on any atom is 0.0650 e. The van der Waals surface area contributed by atoms with Gasteiger partial charge >= 0.3 is 0 Å². The molecule has 3 rings (SSSR count). The summed E-state index contributed by atoms with van der Waals surface area (Å²) in [6.07, 6.45) is 4.41. The largest absolute Gasteiger partial charge is 0.317 e. The van der Waals surface area contributed by atoms with Gasteiger partial charge in [-0.2, -0.15) is 5.10 Å². The van der Waals surface area contributed by atoms with E-state index in [-0.39, 0.29) is 0 Å². The first-order valence-corrected chi connectivity index (χ1v) is 5.57. The van der Waals surface area contributed by atoms with Crippen LogP contribution in [0.15, 0.2) is 24.4 Å². The molecule has 1 aromatic carbocycles. The van der Waals surface area contributed by atoms with Gasteiger partial charge in [0.1, 0.15) is 0 Å². The Morgan fingerprint density at radius 3 is 2.93 bits per heavy atom. The van der Waals surface area contributed by atoms with Crippen molar-refractivity contribution in [2.45, 2.75) is 18.8 Å². The maximum atomic E-state index is 4.05. The molecule has 15 heavy (non-hydrogen) atoms. The van der Waals surface area contributed by atoms with Crippen LogP contribution in [0.25, 0.3) is 10.9 Å². The van der Waals surface area contributed by atoms with Gasteiger partial charge in [-0.15, -0.1) is 0 Å². The number of hydrogen-bond donors (Lipinski definition) is 2. The van der Waals surface area contributed by atoms with Crippen LogP contribution in [0.3, 0.4) is 0 Å². The molecule has 0 atom stereocenters. The molecule has 2 heterocycles. The van der Waals surface area contributed by atoms with Crippen molar-refractivity contribution >= 4 is 10.9 Å². The van der Waals surface area contributed by atoms with Gasteiger partial charge in [0.25, 0.3) is 0 Å². The molecule has 0 unspecified atom stereocenters. The molecular weight excluding hydrogens is 186 g/mol. The summed E-state index contributed by atoms with van der Waals surface area (Å²) in [7, 11) is 0. The van der Waals surface area contributed by atoms with E-state index in [1.165, 1.54) is 23.8 Å². The average Bonchev–Trinajstić information content (AvgIpc) is 2.77. The fourth-order valence-electron chi connectivity index (χ4n) is 2.37. The van der Waals surface area contributed by atoms with Crippen molar-refractivity contribution in [1.29, 1.82) is 0 Å². The minimum absolute atomic E-state index is 0.727. The van der Waals surface area contributed by atoms with Crippen LogP contribution in [-0.2, 0) is 0 Å². The first kappa shape index (κ1) is 8.92. The molecule has 3 heteroatoms. The standard InChI is InChI=1S/C12H15N3/c1-2-12-11(8-14-15-12)7-10(1)9-3-5-13-6-4-9/h1-2,7-9,13H,3-6H2,(H,14,15). The van der Waals surface area contributed by atoms with E-state index in [4.69, 9.17) is 0 Å². The van der Waals surface area contributed by atoms with Gasteiger partial charge in [0.05, 0.1) is 11.7 Å². The van der Waals surface area contributed by atoms with Crippen molar-refractivity contribution in [2.75, 3.05) is 13.1 Å². The Labute approximate surface area is 88.9 Å². The summed E-state index contributed by atoms with van der Waals surface area (Å²) in [6, 6.07) is 6.64. The molecule has 1 saturated heterocycles. The molecule has 1 fully saturated rings. The number of rotatable bonds is 1. The van der Waals surface area contributed by atoms with Crippen LogP contribution in [0.4, 0.5) is 0 Å². The zero-order valence-corrected chi connectivity index (χ0v) is 8.66. The molecule has 0 radical (unpaired) electrons. The van der Waals surface area contributed by atoms with Crippen molar-refractivity contribution in [3.05, 3.63) is 30.0 Å². The van der Waals surface area contributed by atoms with Gasteiger partial charge in [0, 0.05) is 5.39 Å². The number of nitrogens with one attached hydrogen (secondary N) is 2. The predicted molar refractivity (Wildman–Crippen MR) is 60.9 cm³/mol. The number of hydrogen-bond acceptors (Lipinski definition) is 2. The third-order valence-corrected chi connectivity index (χ3v) is 3.27. The molecule has 2 aromatic rings. The zero-order chi connectivity index (χ0) is 10.1. The van der Waals surface area contributed by atoms with Crippen LogP contribution in [0.1, 0.15) is 24.3 Å². The molecule has 1 aromatic heterocycles. The highest BCUT2D eigenvalue weighted by Gasteiger charge is 2.15. The van der Waals surface area contributed by atoms with Gasteiger partial charge in [-0.25, -0.2) is 0 Å². The Balaban J connectivity index is 1.95. The normalized spacial score (nSPS) is 18.4. The summed E-state index contributed by atoms with van der Waals surface area (Å²) in [5.74, 6) is 0.727. The molecule has 0 bridgehead atoms. The minimum Gasteiger partial charge on any atom is -0.317 e. The lowest BCUT2D eigenvalue weighted by Crippen LogP contribution is -2.26. The number of aromatic nitrogens is 2. The third-order valence-electron chi connectivity index (χ3n) is 3.27. The van der Waals surface area contributed by atoms with Crippen molar-refractivity contribution in [2.24, 2.45) is 0 Å². The van der Waals surface area contributed by atoms with E-state index in [1.807, 2.05) is 6.20 Å². The van der Waals surface area contributed by atoms with E-state index in [9.17, 15) is 0 Å². The number of benzene rings is 1. The van der Waals surface area contributed by atoms with E-state index < -0.39 is 0 Å². The second-order valence-electron chi connectivity index (χ2n) is 4.24. The van der Waals surface area contributed by atoms with Gasteiger partial charge in [-0.1, -0.05) is 6.07 Å². The lowest BCUT2D eigenvalue weighted by atomic mass is 9.90. The summed E-state index contributed by atoms with van der Waals surface area (Å²) < 4.78 is 0. The first-order chi connectivity index (χ1) is 7.43. The number of piperidine rings is 1. The van der Waals surface area contributed by atoms with Gasteiger partial charge in [0.15, 0.2) is 0 Å². The summed E-state index contributed by atoms with van der Waals surface area (Å²) in [5, 5.41) is 11.7. The molecule has 0 spiro atoms. The summed E-state index contributed by atoms with van der Waals surface area (Å²) >= 11 is 0. The molecule has 78 valence electrons. The minimum atomic E-state index is 0.727. The molecule has 0 amide bonds. The van der Waals surface area contributed by atoms with Crippen molar-refractivity contribution in [1.82, 2.24) is 15.5 Å². The van der Waals surface area contributed by atoms with Gasteiger partial charge in [-0.3, -0.25) is 5.10 Å². The molecule has 2 N–H and O–H groups in total. The summed E-state index contributed by atoms with van der Waals surface area (Å²) in [5.41, 5.74) is 2.60. The quantitative estimate of drug-likeness (QED) is 0.741. The van der Waals surface area contributed by atoms with E-state index >= 15 is 0 Å². The van der Waals surface area contributed by atoms with Gasteiger partial charge < -0.3 is 5.32 Å². The topological polar surface area (TPSA) is 40.7 Å². The van der Waals surface area contributed by atoms with Crippen LogP contribution in [0, 0.1) is 0 Å². The fourth-order valence-corrected chi connectivity index (χ4v) is 2.37. The second-order valence-corrected chi connectivity index (χ2v) is 4.24. The van der Waals surface area contributed by atoms with Crippen molar-refractivity contribution < 1.29 is 0 Å². The highest BCUT2D eigenvalue weighted by Crippen LogP contribution is 2.27. The van der Waals surface area contributed by atoms with Crippen LogP contribution in [0.5, 0.6) is 0 Å². The Kier molecular flexibility index (Phi) is 2.18. The van der Waals surface area contributed by atoms with E-state index in [1.54, 1.807) is 0 Å². The molecule has 1 aliphatic heterocycles. The Morgan fingerprint density at radius 1 is 1.20 bits per heavy atom. The van der Waals surface area contributed by atoms with E-state index in [0.717, 1.165) is 24.5 Å². The fraction of sp³-hybridized carbons (Fsp3) is 0.417. The number of fused-ring (bicyclic) bond motifs is 1. The average molecular weight is 201 g/mol. The van der Waals surface area contributed by atoms with Gasteiger partial charge in [-0.05, 0) is 49.5 Å². The molecule has 0 aliphatic carbocycles.